The third-order valence-corrected chi connectivity index (χ3v) is 4.74. The number of pyridine rings is 1. The van der Waals surface area contributed by atoms with E-state index >= 15 is 0 Å². The minimum Gasteiger partial charge on any atom is -0.376 e. The Morgan fingerprint density at radius 1 is 1.36 bits per heavy atom. The second-order valence-corrected chi connectivity index (χ2v) is 5.91. The van der Waals surface area contributed by atoms with E-state index in [1.807, 2.05) is 25.1 Å². The van der Waals surface area contributed by atoms with E-state index < -0.39 is 0 Å². The van der Waals surface area contributed by atoms with E-state index in [2.05, 4.69) is 10.3 Å². The van der Waals surface area contributed by atoms with Crippen molar-refractivity contribution in [1.29, 1.82) is 0 Å². The zero-order chi connectivity index (χ0) is 15.7. The number of hydrogen-bond acceptors (Lipinski definition) is 3. The van der Waals surface area contributed by atoms with Crippen LogP contribution in [0.4, 0.5) is 0 Å². The Balaban J connectivity index is 1.91. The van der Waals surface area contributed by atoms with Crippen molar-refractivity contribution in [3.8, 4) is 0 Å². The van der Waals surface area contributed by atoms with Crippen LogP contribution in [0.3, 0.4) is 0 Å². The minimum absolute atomic E-state index is 0.100. The average molecular weight is 300 g/mol. The number of H-pyrrole nitrogens is 1. The standard InChI is InChI=1S/C17H20N2O3/c1-11(17(22-2)8-5-9-17)18-16(21)13-10-15(20)19-14-7-4-3-6-12(13)14/h3-4,6-7,10-11H,5,8-9H2,1-2H3,(H,18,21)(H,19,20). The molecule has 1 amide bonds. The van der Waals surface area contributed by atoms with Crippen LogP contribution in [0.25, 0.3) is 10.9 Å². The maximum atomic E-state index is 12.6. The molecule has 0 saturated heterocycles. The lowest BCUT2D eigenvalue weighted by Crippen LogP contribution is -2.56. The van der Waals surface area contributed by atoms with Crippen molar-refractivity contribution in [2.24, 2.45) is 0 Å². The molecule has 1 aromatic heterocycles. The van der Waals surface area contributed by atoms with Crippen molar-refractivity contribution in [2.45, 2.75) is 37.8 Å². The highest BCUT2D eigenvalue weighted by Gasteiger charge is 2.43. The molecule has 1 aliphatic carbocycles. The Bertz CT molecular complexity index is 756. The molecule has 5 heteroatoms. The Kier molecular flexibility index (Phi) is 3.74. The van der Waals surface area contributed by atoms with Gasteiger partial charge < -0.3 is 15.0 Å². The number of fused-ring (bicyclic) bond motifs is 1. The first kappa shape index (κ1) is 14.8. The molecule has 1 aliphatic rings. The topological polar surface area (TPSA) is 71.2 Å². The van der Waals surface area contributed by atoms with E-state index in [1.54, 1.807) is 13.2 Å². The van der Waals surface area contributed by atoms with E-state index in [0.29, 0.717) is 11.1 Å². The normalized spacial score (nSPS) is 17.7. The van der Waals surface area contributed by atoms with Gasteiger partial charge in [-0.2, -0.15) is 0 Å². The molecule has 22 heavy (non-hydrogen) atoms. The summed E-state index contributed by atoms with van der Waals surface area (Å²) in [5.41, 5.74) is 0.517. The molecule has 0 radical (unpaired) electrons. The van der Waals surface area contributed by atoms with Gasteiger partial charge in [0, 0.05) is 24.1 Å². The maximum absolute atomic E-state index is 12.6. The first-order valence-corrected chi connectivity index (χ1v) is 7.54. The Labute approximate surface area is 128 Å². The number of rotatable bonds is 4. The van der Waals surface area contributed by atoms with E-state index in [4.69, 9.17) is 4.74 Å². The van der Waals surface area contributed by atoms with Gasteiger partial charge in [-0.15, -0.1) is 0 Å². The fourth-order valence-corrected chi connectivity index (χ4v) is 3.14. The summed E-state index contributed by atoms with van der Waals surface area (Å²) in [7, 11) is 1.68. The molecule has 0 aliphatic heterocycles. The van der Waals surface area contributed by atoms with Crippen LogP contribution >= 0.6 is 0 Å². The monoisotopic (exact) mass is 300 g/mol. The second-order valence-electron chi connectivity index (χ2n) is 5.91. The highest BCUT2D eigenvalue weighted by atomic mass is 16.5. The Morgan fingerprint density at radius 2 is 2.09 bits per heavy atom. The lowest BCUT2D eigenvalue weighted by atomic mass is 9.75. The molecule has 3 rings (SSSR count). The summed E-state index contributed by atoms with van der Waals surface area (Å²) in [6.07, 6.45) is 3.00. The van der Waals surface area contributed by atoms with E-state index in [1.165, 1.54) is 6.07 Å². The smallest absolute Gasteiger partial charge is 0.252 e. The quantitative estimate of drug-likeness (QED) is 0.909. The number of benzene rings is 1. The summed E-state index contributed by atoms with van der Waals surface area (Å²) in [5, 5.41) is 3.73. The highest BCUT2D eigenvalue weighted by molar-refractivity contribution is 6.06. The molecule has 1 fully saturated rings. The SMILES string of the molecule is COC1(C(C)NC(=O)c2cc(=O)[nH]c3ccccc23)CCC1. The van der Waals surface area contributed by atoms with Gasteiger partial charge in [-0.1, -0.05) is 18.2 Å². The van der Waals surface area contributed by atoms with Crippen LogP contribution in [-0.2, 0) is 4.74 Å². The van der Waals surface area contributed by atoms with Gasteiger partial charge in [0.05, 0.1) is 17.2 Å². The summed E-state index contributed by atoms with van der Waals surface area (Å²) in [6.45, 7) is 1.95. The number of amides is 1. The number of aromatic amines is 1. The molecule has 116 valence electrons. The molecule has 0 bridgehead atoms. The van der Waals surface area contributed by atoms with Crippen molar-refractivity contribution in [3.05, 3.63) is 46.2 Å². The molecule has 1 aromatic carbocycles. The Hall–Kier alpha value is -2.14. The van der Waals surface area contributed by atoms with Gasteiger partial charge in [0.15, 0.2) is 0 Å². The molecule has 1 heterocycles. The van der Waals surface area contributed by atoms with Crippen LogP contribution in [0.15, 0.2) is 35.1 Å². The summed E-state index contributed by atoms with van der Waals surface area (Å²) in [5.74, 6) is -0.238. The van der Waals surface area contributed by atoms with Crippen molar-refractivity contribution < 1.29 is 9.53 Å². The molecular weight excluding hydrogens is 280 g/mol. The number of aromatic nitrogens is 1. The lowest BCUT2D eigenvalue weighted by Gasteiger charge is -2.45. The zero-order valence-electron chi connectivity index (χ0n) is 12.8. The van der Waals surface area contributed by atoms with Crippen LogP contribution in [0.2, 0.25) is 0 Å². The fraction of sp³-hybridized carbons (Fsp3) is 0.412. The van der Waals surface area contributed by atoms with Gasteiger partial charge >= 0.3 is 0 Å². The molecule has 2 aromatic rings. The first-order valence-electron chi connectivity index (χ1n) is 7.54. The van der Waals surface area contributed by atoms with E-state index in [9.17, 15) is 9.59 Å². The van der Waals surface area contributed by atoms with Gasteiger partial charge in [0.2, 0.25) is 5.56 Å². The van der Waals surface area contributed by atoms with Gasteiger partial charge in [-0.05, 0) is 32.3 Å². The van der Waals surface area contributed by atoms with Gasteiger partial charge in [0.25, 0.3) is 5.91 Å². The summed E-state index contributed by atoms with van der Waals surface area (Å²) in [6, 6.07) is 8.56. The molecule has 1 unspecified atom stereocenters. The number of carbonyl (C=O) groups excluding carboxylic acids is 1. The summed E-state index contributed by atoms with van der Waals surface area (Å²) < 4.78 is 5.60. The largest absolute Gasteiger partial charge is 0.376 e. The zero-order valence-corrected chi connectivity index (χ0v) is 12.8. The van der Waals surface area contributed by atoms with Crippen LogP contribution in [0, 0.1) is 0 Å². The predicted molar refractivity (Wildman–Crippen MR) is 85.1 cm³/mol. The molecular formula is C17H20N2O3. The summed E-state index contributed by atoms with van der Waals surface area (Å²) in [4.78, 5) is 27.1. The molecule has 2 N–H and O–H groups in total. The molecule has 5 nitrogen and oxygen atoms in total. The van der Waals surface area contributed by atoms with Crippen LogP contribution in [0.1, 0.15) is 36.5 Å². The first-order chi connectivity index (χ1) is 10.6. The second kappa shape index (κ2) is 5.57. The van der Waals surface area contributed by atoms with Crippen molar-refractivity contribution in [1.82, 2.24) is 10.3 Å². The number of methoxy groups -OCH3 is 1. The van der Waals surface area contributed by atoms with E-state index in [-0.39, 0.29) is 23.1 Å². The van der Waals surface area contributed by atoms with Crippen LogP contribution in [-0.4, -0.2) is 29.6 Å². The molecule has 0 spiro atoms. The maximum Gasteiger partial charge on any atom is 0.252 e. The van der Waals surface area contributed by atoms with Crippen molar-refractivity contribution >= 4 is 16.8 Å². The van der Waals surface area contributed by atoms with Crippen LogP contribution in [0.5, 0.6) is 0 Å². The predicted octanol–water partition coefficient (Wildman–Crippen LogP) is 2.22. The van der Waals surface area contributed by atoms with Gasteiger partial charge in [-0.3, -0.25) is 9.59 Å². The third-order valence-electron chi connectivity index (χ3n) is 4.74. The van der Waals surface area contributed by atoms with E-state index in [0.717, 1.165) is 24.6 Å². The van der Waals surface area contributed by atoms with Crippen molar-refractivity contribution in [3.63, 3.8) is 0 Å². The lowest BCUT2D eigenvalue weighted by molar-refractivity contribution is -0.0919. The number of carbonyl (C=O) groups is 1. The fourth-order valence-electron chi connectivity index (χ4n) is 3.14. The van der Waals surface area contributed by atoms with Gasteiger partial charge in [-0.25, -0.2) is 0 Å². The number of para-hydroxylation sites is 1. The van der Waals surface area contributed by atoms with Crippen LogP contribution < -0.4 is 10.9 Å². The molecule has 1 atom stereocenters. The average Bonchev–Trinajstić information content (AvgIpc) is 2.45. The number of ether oxygens (including phenoxy) is 1. The van der Waals surface area contributed by atoms with Crippen molar-refractivity contribution in [2.75, 3.05) is 7.11 Å². The Morgan fingerprint density at radius 3 is 2.73 bits per heavy atom. The number of hydrogen-bond donors (Lipinski definition) is 2. The summed E-state index contributed by atoms with van der Waals surface area (Å²) >= 11 is 0. The molecule has 1 saturated carbocycles. The number of nitrogens with one attached hydrogen (secondary N) is 2. The third kappa shape index (κ3) is 2.41. The minimum atomic E-state index is -0.276. The van der Waals surface area contributed by atoms with Gasteiger partial charge in [0.1, 0.15) is 0 Å². The highest BCUT2D eigenvalue weighted by Crippen LogP contribution is 2.38.